The summed E-state index contributed by atoms with van der Waals surface area (Å²) < 4.78 is 4.16. The molecule has 2 heterocycles. The van der Waals surface area contributed by atoms with Crippen LogP contribution in [0.1, 0.15) is 22.3 Å². The molecule has 6 nitrogen and oxygen atoms in total. The number of oxime groups is 2. The lowest BCUT2D eigenvalue weighted by atomic mass is 10.1. The first-order valence-electron chi connectivity index (χ1n) is 8.18. The minimum Gasteiger partial charge on any atom is -1.00 e. The summed E-state index contributed by atoms with van der Waals surface area (Å²) in [5.41, 5.74) is 4.15. The van der Waals surface area contributed by atoms with Gasteiger partial charge in [0, 0.05) is 46.5 Å². The van der Waals surface area contributed by atoms with Gasteiger partial charge in [-0.05, 0) is 0 Å². The molecule has 0 saturated heterocycles. The second-order valence-corrected chi connectivity index (χ2v) is 5.87. The highest BCUT2D eigenvalue weighted by molar-refractivity contribution is 5.78. The van der Waals surface area contributed by atoms with Crippen LogP contribution >= 0.6 is 0 Å². The van der Waals surface area contributed by atoms with Gasteiger partial charge in [0.2, 0.25) is 0 Å². The average Bonchev–Trinajstić information content (AvgIpc) is 2.67. The topological polar surface area (TPSA) is 72.9 Å². The zero-order valence-electron chi connectivity index (χ0n) is 14.9. The van der Waals surface area contributed by atoms with E-state index in [2.05, 4.69) is 31.6 Å². The number of nitrogens with zero attached hydrogens (tertiary/aromatic N) is 4. The van der Waals surface area contributed by atoms with Gasteiger partial charge >= 0.3 is 0 Å². The van der Waals surface area contributed by atoms with E-state index in [1.165, 1.54) is 23.6 Å². The molecule has 1 aromatic carbocycles. The molecule has 8 heteroatoms. The van der Waals surface area contributed by atoms with E-state index in [1.807, 2.05) is 61.2 Å². The molecule has 0 fully saturated rings. The number of hydrogen-bond donors (Lipinski definition) is 2. The molecule has 3 aromatic rings. The smallest absolute Gasteiger partial charge is 0.174 e. The molecule has 0 aliphatic heterocycles. The predicted molar refractivity (Wildman–Crippen MR) is 96.7 cm³/mol. The first kappa shape index (κ1) is 23.5. The summed E-state index contributed by atoms with van der Waals surface area (Å²) in [6.45, 7) is 1.51. The van der Waals surface area contributed by atoms with E-state index < -0.39 is 0 Å². The third-order valence-corrected chi connectivity index (χ3v) is 4.07. The zero-order valence-corrected chi connectivity index (χ0v) is 18.1. The molecule has 0 atom stereocenters. The maximum Gasteiger partial charge on any atom is 0.174 e. The molecule has 0 radical (unpaired) electrons. The summed E-state index contributed by atoms with van der Waals surface area (Å²) in [6.07, 6.45) is 10.7. The molecular formula is C20H20Br2N4O2. The lowest BCUT2D eigenvalue weighted by molar-refractivity contribution is -0.693. The van der Waals surface area contributed by atoms with E-state index in [1.54, 1.807) is 0 Å². The molecule has 2 aromatic heterocycles. The van der Waals surface area contributed by atoms with Gasteiger partial charge in [0.1, 0.15) is 0 Å². The molecule has 0 bridgehead atoms. The Hall–Kier alpha value is -2.58. The Morgan fingerprint density at radius 2 is 1.00 bits per heavy atom. The Morgan fingerprint density at radius 3 is 1.32 bits per heavy atom. The molecular weight excluding hydrogens is 488 g/mol. The van der Waals surface area contributed by atoms with Crippen LogP contribution in [0.2, 0.25) is 0 Å². The van der Waals surface area contributed by atoms with Gasteiger partial charge in [0.25, 0.3) is 0 Å². The Labute approximate surface area is 184 Å². The van der Waals surface area contributed by atoms with Crippen molar-refractivity contribution in [3.05, 3.63) is 95.6 Å². The van der Waals surface area contributed by atoms with Gasteiger partial charge < -0.3 is 44.4 Å². The van der Waals surface area contributed by atoms with E-state index in [0.29, 0.717) is 0 Å². The maximum absolute atomic E-state index is 8.59. The third-order valence-electron chi connectivity index (χ3n) is 4.07. The van der Waals surface area contributed by atoms with Crippen molar-refractivity contribution in [1.29, 1.82) is 0 Å². The highest BCUT2D eigenvalue weighted by Crippen LogP contribution is 2.08. The Morgan fingerprint density at radius 1 is 0.643 bits per heavy atom. The number of hydrogen-bond acceptors (Lipinski definition) is 4. The fraction of sp³-hybridized carbons (Fsp3) is 0.100. The van der Waals surface area contributed by atoms with E-state index in [-0.39, 0.29) is 34.0 Å². The molecule has 146 valence electrons. The highest BCUT2D eigenvalue weighted by atomic mass is 79.9. The van der Waals surface area contributed by atoms with Crippen molar-refractivity contribution in [3.63, 3.8) is 0 Å². The van der Waals surface area contributed by atoms with Crippen LogP contribution in [0.5, 0.6) is 0 Å². The van der Waals surface area contributed by atoms with Crippen LogP contribution in [0.3, 0.4) is 0 Å². The van der Waals surface area contributed by atoms with Crippen LogP contribution in [0.15, 0.2) is 83.6 Å². The standard InChI is InChI=1S/C20H18N4O2.2BrH/c25-21-13-17-5-9-23(10-6-17)15-19-3-1-2-4-20(19)16-24-11-7-18(8-12-24)14-22-26;;/h1-14H,15-16H2;2*1H. The zero-order chi connectivity index (χ0) is 18.2. The summed E-state index contributed by atoms with van der Waals surface area (Å²) in [6, 6.07) is 15.9. The lowest BCUT2D eigenvalue weighted by Gasteiger charge is -2.05. The minimum absolute atomic E-state index is 0. The van der Waals surface area contributed by atoms with Crippen LogP contribution in [-0.4, -0.2) is 22.8 Å². The monoisotopic (exact) mass is 506 g/mol. The molecule has 0 aliphatic carbocycles. The van der Waals surface area contributed by atoms with Crippen LogP contribution in [-0.2, 0) is 13.1 Å². The fourth-order valence-corrected chi connectivity index (χ4v) is 2.71. The number of aromatic nitrogens is 2. The summed E-state index contributed by atoms with van der Waals surface area (Å²) in [4.78, 5) is 0. The second kappa shape index (κ2) is 12.0. The highest BCUT2D eigenvalue weighted by Gasteiger charge is 2.11. The van der Waals surface area contributed by atoms with Crippen LogP contribution < -0.4 is 43.1 Å². The quantitative estimate of drug-likeness (QED) is 0.154. The van der Waals surface area contributed by atoms with Crippen molar-refractivity contribution in [2.75, 3.05) is 0 Å². The fourth-order valence-electron chi connectivity index (χ4n) is 2.71. The van der Waals surface area contributed by atoms with E-state index in [4.69, 9.17) is 10.4 Å². The van der Waals surface area contributed by atoms with E-state index >= 15 is 0 Å². The van der Waals surface area contributed by atoms with Crippen molar-refractivity contribution in [2.45, 2.75) is 13.1 Å². The van der Waals surface area contributed by atoms with Crippen LogP contribution in [0, 0.1) is 0 Å². The van der Waals surface area contributed by atoms with E-state index in [0.717, 1.165) is 24.2 Å². The van der Waals surface area contributed by atoms with Gasteiger partial charge in [-0.3, -0.25) is 0 Å². The second-order valence-electron chi connectivity index (χ2n) is 5.87. The molecule has 0 unspecified atom stereocenters. The van der Waals surface area contributed by atoms with Crippen molar-refractivity contribution < 1.29 is 53.5 Å². The molecule has 0 saturated carbocycles. The first-order valence-corrected chi connectivity index (χ1v) is 8.18. The Bertz CT molecular complexity index is 838. The van der Waals surface area contributed by atoms with E-state index in [9.17, 15) is 0 Å². The SMILES string of the molecule is O/N=C\c1cc[n+](Cc2ccccc2C[n+]2ccc(/C=N\O)cc2)cc1.[Br-].[Br-]. The number of rotatable bonds is 6. The van der Waals surface area contributed by atoms with Gasteiger partial charge in [-0.25, -0.2) is 9.13 Å². The van der Waals surface area contributed by atoms with Crippen LogP contribution in [0.4, 0.5) is 0 Å². The predicted octanol–water partition coefficient (Wildman–Crippen LogP) is -4.02. The number of pyridine rings is 2. The molecule has 3 rings (SSSR count). The van der Waals surface area contributed by atoms with Gasteiger partial charge in [-0.2, -0.15) is 0 Å². The summed E-state index contributed by atoms with van der Waals surface area (Å²) in [5.74, 6) is 0. The summed E-state index contributed by atoms with van der Waals surface area (Å²) in [7, 11) is 0. The number of benzene rings is 1. The minimum atomic E-state index is 0. The molecule has 28 heavy (non-hydrogen) atoms. The maximum atomic E-state index is 8.59. The van der Waals surface area contributed by atoms with Gasteiger partial charge in [-0.15, -0.1) is 0 Å². The van der Waals surface area contributed by atoms with Crippen molar-refractivity contribution in [1.82, 2.24) is 0 Å². The summed E-state index contributed by atoms with van der Waals surface area (Å²) in [5, 5.41) is 23.3. The van der Waals surface area contributed by atoms with Gasteiger partial charge in [0.15, 0.2) is 37.9 Å². The van der Waals surface area contributed by atoms with Gasteiger partial charge in [0.05, 0.1) is 12.4 Å². The van der Waals surface area contributed by atoms with Crippen molar-refractivity contribution in [2.24, 2.45) is 10.3 Å². The summed E-state index contributed by atoms with van der Waals surface area (Å²) >= 11 is 0. The largest absolute Gasteiger partial charge is 1.00 e. The normalized spacial score (nSPS) is 10.6. The molecule has 0 spiro atoms. The molecule has 0 aliphatic rings. The third kappa shape index (κ3) is 6.54. The van der Waals surface area contributed by atoms with Crippen LogP contribution in [0.25, 0.3) is 0 Å². The molecule has 0 amide bonds. The van der Waals surface area contributed by atoms with Crippen molar-refractivity contribution in [3.8, 4) is 0 Å². The molecule has 2 N–H and O–H groups in total. The average molecular weight is 508 g/mol. The van der Waals surface area contributed by atoms with Gasteiger partial charge in [-0.1, -0.05) is 34.6 Å². The lowest BCUT2D eigenvalue weighted by Crippen LogP contribution is -3.00. The number of halogens is 2. The first-order chi connectivity index (χ1) is 12.8. The van der Waals surface area contributed by atoms with Crippen molar-refractivity contribution >= 4 is 12.4 Å². The Kier molecular flexibility index (Phi) is 10.0. The Balaban J connectivity index is 0.00000196.